The molecule has 0 radical (unpaired) electrons. The predicted octanol–water partition coefficient (Wildman–Crippen LogP) is 2.41. The first-order valence-corrected chi connectivity index (χ1v) is 7.09. The molecule has 1 aromatic heterocycles. The Morgan fingerprint density at radius 3 is 2.89 bits per heavy atom. The van der Waals surface area contributed by atoms with Crippen LogP contribution >= 0.6 is 0 Å². The standard InChI is InChI=1S/C15H22N2O/c1-11-9-13-14(6-3-7-15(13)18)17(11)10-12-5-4-8-16(12)2/h9,12H,3-8,10H2,1-2H3. The molecular weight excluding hydrogens is 224 g/mol. The first-order valence-electron chi connectivity index (χ1n) is 7.09. The summed E-state index contributed by atoms with van der Waals surface area (Å²) in [6, 6.07) is 2.75. The van der Waals surface area contributed by atoms with Crippen LogP contribution in [0.3, 0.4) is 0 Å². The number of carbonyl (C=O) groups excluding carboxylic acids is 1. The van der Waals surface area contributed by atoms with Crippen molar-refractivity contribution in [1.82, 2.24) is 9.47 Å². The second-order valence-corrected chi connectivity index (χ2v) is 5.81. The van der Waals surface area contributed by atoms with E-state index in [1.165, 1.54) is 30.8 Å². The third-order valence-electron chi connectivity index (χ3n) is 4.60. The molecule has 1 aliphatic carbocycles. The van der Waals surface area contributed by atoms with Crippen molar-refractivity contribution in [2.24, 2.45) is 0 Å². The minimum atomic E-state index is 0.345. The molecule has 3 heteroatoms. The molecule has 1 unspecified atom stereocenters. The number of likely N-dealkylation sites (tertiary alicyclic amines) is 1. The highest BCUT2D eigenvalue weighted by Gasteiger charge is 2.26. The van der Waals surface area contributed by atoms with E-state index in [4.69, 9.17) is 0 Å². The van der Waals surface area contributed by atoms with Gasteiger partial charge in [-0.1, -0.05) is 0 Å². The third-order valence-corrected chi connectivity index (χ3v) is 4.60. The Hall–Kier alpha value is -1.09. The maximum atomic E-state index is 11.9. The van der Waals surface area contributed by atoms with Crippen LogP contribution in [0.15, 0.2) is 6.07 Å². The van der Waals surface area contributed by atoms with Gasteiger partial charge in [0.15, 0.2) is 5.78 Å². The average molecular weight is 246 g/mol. The van der Waals surface area contributed by atoms with Gasteiger partial charge in [-0.25, -0.2) is 0 Å². The molecule has 2 aliphatic rings. The number of hydrogen-bond acceptors (Lipinski definition) is 2. The zero-order valence-corrected chi connectivity index (χ0v) is 11.4. The highest BCUT2D eigenvalue weighted by Crippen LogP contribution is 2.27. The van der Waals surface area contributed by atoms with E-state index in [1.807, 2.05) is 0 Å². The van der Waals surface area contributed by atoms with E-state index >= 15 is 0 Å². The fourth-order valence-electron chi connectivity index (χ4n) is 3.47. The molecule has 1 atom stereocenters. The maximum absolute atomic E-state index is 11.9. The molecular formula is C15H22N2O. The van der Waals surface area contributed by atoms with Gasteiger partial charge in [-0.2, -0.15) is 0 Å². The lowest BCUT2D eigenvalue weighted by atomic mass is 9.96. The summed E-state index contributed by atoms with van der Waals surface area (Å²) in [5.74, 6) is 0.345. The van der Waals surface area contributed by atoms with Crippen molar-refractivity contribution in [1.29, 1.82) is 0 Å². The molecule has 0 saturated carbocycles. The molecule has 2 heterocycles. The van der Waals surface area contributed by atoms with Crippen molar-refractivity contribution in [3.8, 4) is 0 Å². The molecule has 1 fully saturated rings. The topological polar surface area (TPSA) is 25.2 Å². The number of Topliss-reactive ketones (excluding diaryl/α,β-unsaturated/α-hetero) is 1. The molecule has 0 bridgehead atoms. The second-order valence-electron chi connectivity index (χ2n) is 5.81. The SMILES string of the molecule is Cc1cc2c(n1CC1CCCN1C)CCCC2=O. The molecule has 3 nitrogen and oxygen atoms in total. The number of nitrogens with zero attached hydrogens (tertiary/aromatic N) is 2. The summed E-state index contributed by atoms with van der Waals surface area (Å²) in [5, 5.41) is 0. The first-order chi connectivity index (χ1) is 8.66. The number of ketones is 1. The Bertz CT molecular complexity index is 475. The van der Waals surface area contributed by atoms with Crippen molar-refractivity contribution in [2.75, 3.05) is 13.6 Å². The minimum Gasteiger partial charge on any atom is -0.347 e. The molecule has 1 aliphatic heterocycles. The molecule has 18 heavy (non-hydrogen) atoms. The van der Waals surface area contributed by atoms with E-state index in [9.17, 15) is 4.79 Å². The predicted molar refractivity (Wildman–Crippen MR) is 72.1 cm³/mol. The van der Waals surface area contributed by atoms with Crippen molar-refractivity contribution >= 4 is 5.78 Å². The quantitative estimate of drug-likeness (QED) is 0.800. The van der Waals surface area contributed by atoms with E-state index in [-0.39, 0.29) is 0 Å². The van der Waals surface area contributed by atoms with E-state index < -0.39 is 0 Å². The van der Waals surface area contributed by atoms with Crippen LogP contribution < -0.4 is 0 Å². The van der Waals surface area contributed by atoms with Gasteiger partial charge in [0.1, 0.15) is 0 Å². The Morgan fingerprint density at radius 2 is 2.17 bits per heavy atom. The van der Waals surface area contributed by atoms with Gasteiger partial charge in [-0.15, -0.1) is 0 Å². The molecule has 0 aromatic carbocycles. The van der Waals surface area contributed by atoms with Crippen molar-refractivity contribution in [3.63, 3.8) is 0 Å². The largest absolute Gasteiger partial charge is 0.347 e. The van der Waals surface area contributed by atoms with E-state index in [0.717, 1.165) is 31.4 Å². The number of hydrogen-bond donors (Lipinski definition) is 0. The molecule has 1 aromatic rings. The van der Waals surface area contributed by atoms with Gasteiger partial charge in [-0.3, -0.25) is 4.79 Å². The van der Waals surface area contributed by atoms with Crippen molar-refractivity contribution in [3.05, 3.63) is 23.0 Å². The van der Waals surface area contributed by atoms with Crippen LogP contribution in [0, 0.1) is 6.92 Å². The van der Waals surface area contributed by atoms with Crippen LogP contribution in [0.25, 0.3) is 0 Å². The van der Waals surface area contributed by atoms with Gasteiger partial charge in [0.05, 0.1) is 0 Å². The van der Waals surface area contributed by atoms with Gasteiger partial charge < -0.3 is 9.47 Å². The number of likely N-dealkylation sites (N-methyl/N-ethyl adjacent to an activating group) is 1. The Kier molecular flexibility index (Phi) is 3.02. The lowest BCUT2D eigenvalue weighted by Crippen LogP contribution is -2.30. The zero-order chi connectivity index (χ0) is 12.7. The van der Waals surface area contributed by atoms with Crippen molar-refractivity contribution < 1.29 is 4.79 Å². The Labute approximate surface area is 109 Å². The van der Waals surface area contributed by atoms with Gasteiger partial charge in [0.2, 0.25) is 0 Å². The van der Waals surface area contributed by atoms with Crippen LogP contribution in [-0.4, -0.2) is 34.9 Å². The second kappa shape index (κ2) is 4.54. The van der Waals surface area contributed by atoms with Crippen LogP contribution in [-0.2, 0) is 13.0 Å². The Morgan fingerprint density at radius 1 is 1.33 bits per heavy atom. The smallest absolute Gasteiger partial charge is 0.164 e. The summed E-state index contributed by atoms with van der Waals surface area (Å²) in [6.07, 6.45) is 5.43. The summed E-state index contributed by atoms with van der Waals surface area (Å²) in [7, 11) is 2.22. The molecule has 0 spiro atoms. The monoisotopic (exact) mass is 246 g/mol. The number of carbonyl (C=O) groups is 1. The van der Waals surface area contributed by atoms with E-state index in [1.54, 1.807) is 0 Å². The molecule has 0 N–H and O–H groups in total. The van der Waals surface area contributed by atoms with Gasteiger partial charge in [0, 0.05) is 36.0 Å². The first kappa shape index (κ1) is 12.0. The summed E-state index contributed by atoms with van der Waals surface area (Å²) in [6.45, 7) is 4.41. The Balaban J connectivity index is 1.90. The maximum Gasteiger partial charge on any atom is 0.164 e. The highest BCUT2D eigenvalue weighted by molar-refractivity contribution is 5.98. The number of aromatic nitrogens is 1. The lowest BCUT2D eigenvalue weighted by Gasteiger charge is -2.23. The normalized spacial score (nSPS) is 24.6. The van der Waals surface area contributed by atoms with Gasteiger partial charge in [0.25, 0.3) is 0 Å². The number of rotatable bonds is 2. The molecule has 1 saturated heterocycles. The van der Waals surface area contributed by atoms with Crippen LogP contribution in [0.2, 0.25) is 0 Å². The van der Waals surface area contributed by atoms with E-state index in [2.05, 4.69) is 29.5 Å². The molecule has 3 rings (SSSR count). The summed E-state index contributed by atoms with van der Waals surface area (Å²) in [4.78, 5) is 14.4. The van der Waals surface area contributed by atoms with Crippen molar-refractivity contribution in [2.45, 2.75) is 51.6 Å². The third kappa shape index (κ3) is 1.91. The zero-order valence-electron chi connectivity index (χ0n) is 11.4. The number of fused-ring (bicyclic) bond motifs is 1. The van der Waals surface area contributed by atoms with Crippen LogP contribution in [0.5, 0.6) is 0 Å². The fraction of sp³-hybridized carbons (Fsp3) is 0.667. The summed E-state index contributed by atoms with van der Waals surface area (Å²) in [5.41, 5.74) is 3.55. The van der Waals surface area contributed by atoms with Gasteiger partial charge >= 0.3 is 0 Å². The lowest BCUT2D eigenvalue weighted by molar-refractivity contribution is 0.0971. The van der Waals surface area contributed by atoms with Crippen LogP contribution in [0.1, 0.15) is 47.4 Å². The average Bonchev–Trinajstić information content (AvgIpc) is 2.87. The minimum absolute atomic E-state index is 0.345. The van der Waals surface area contributed by atoms with E-state index in [0.29, 0.717) is 11.8 Å². The van der Waals surface area contributed by atoms with Crippen LogP contribution in [0.4, 0.5) is 0 Å². The molecule has 0 amide bonds. The number of aryl methyl sites for hydroxylation is 1. The summed E-state index contributed by atoms with van der Waals surface area (Å²) >= 11 is 0. The van der Waals surface area contributed by atoms with Gasteiger partial charge in [-0.05, 0) is 52.3 Å². The molecule has 98 valence electrons. The summed E-state index contributed by atoms with van der Waals surface area (Å²) < 4.78 is 2.40. The highest BCUT2D eigenvalue weighted by atomic mass is 16.1. The fourth-order valence-corrected chi connectivity index (χ4v) is 3.47.